The Morgan fingerprint density at radius 2 is 1.76 bits per heavy atom. The molecule has 0 amide bonds. The fourth-order valence-corrected chi connectivity index (χ4v) is 3.70. The SMILES string of the molecule is CCC(N)(CC)c1nc(-c2cccc3ccccc23)cs1. The molecular formula is C18H20N2S. The topological polar surface area (TPSA) is 38.9 Å². The van der Waals surface area contributed by atoms with Gasteiger partial charge in [-0.25, -0.2) is 4.98 Å². The Bertz CT molecular complexity index is 751. The quantitative estimate of drug-likeness (QED) is 0.741. The number of benzene rings is 2. The summed E-state index contributed by atoms with van der Waals surface area (Å²) in [5.41, 5.74) is 8.39. The molecule has 2 N–H and O–H groups in total. The molecule has 0 atom stereocenters. The summed E-state index contributed by atoms with van der Waals surface area (Å²) in [6.07, 6.45) is 1.82. The number of hydrogen-bond donors (Lipinski definition) is 1. The summed E-state index contributed by atoms with van der Waals surface area (Å²) < 4.78 is 0. The molecule has 0 saturated heterocycles. The molecule has 0 radical (unpaired) electrons. The van der Waals surface area contributed by atoms with Crippen LogP contribution < -0.4 is 5.73 Å². The molecule has 0 fully saturated rings. The third-order valence-electron chi connectivity index (χ3n) is 4.26. The lowest BCUT2D eigenvalue weighted by Crippen LogP contribution is -2.34. The lowest BCUT2D eigenvalue weighted by molar-refractivity contribution is 0.411. The molecular weight excluding hydrogens is 276 g/mol. The van der Waals surface area contributed by atoms with Gasteiger partial charge in [0.05, 0.1) is 11.2 Å². The largest absolute Gasteiger partial charge is 0.319 e. The molecule has 21 heavy (non-hydrogen) atoms. The van der Waals surface area contributed by atoms with Crippen LogP contribution in [0.5, 0.6) is 0 Å². The molecule has 0 spiro atoms. The number of hydrogen-bond acceptors (Lipinski definition) is 3. The Kier molecular flexibility index (Phi) is 3.79. The molecule has 0 aliphatic carbocycles. The highest BCUT2D eigenvalue weighted by Gasteiger charge is 2.26. The smallest absolute Gasteiger partial charge is 0.113 e. The minimum Gasteiger partial charge on any atom is -0.319 e. The number of nitrogens with two attached hydrogens (primary N) is 1. The number of fused-ring (bicyclic) bond motifs is 1. The van der Waals surface area contributed by atoms with Crippen LogP contribution in [0.4, 0.5) is 0 Å². The normalized spacial score (nSPS) is 12.0. The lowest BCUT2D eigenvalue weighted by atomic mass is 9.95. The van der Waals surface area contributed by atoms with Crippen LogP contribution in [0, 0.1) is 0 Å². The van der Waals surface area contributed by atoms with E-state index in [4.69, 9.17) is 10.7 Å². The maximum Gasteiger partial charge on any atom is 0.113 e. The van der Waals surface area contributed by atoms with Gasteiger partial charge in [-0.05, 0) is 23.6 Å². The summed E-state index contributed by atoms with van der Waals surface area (Å²) in [5.74, 6) is 0. The van der Waals surface area contributed by atoms with Crippen molar-refractivity contribution in [2.45, 2.75) is 32.2 Å². The first-order valence-electron chi connectivity index (χ1n) is 7.41. The fourth-order valence-electron chi connectivity index (χ4n) is 2.63. The summed E-state index contributed by atoms with van der Waals surface area (Å²) in [5, 5.41) is 5.65. The zero-order chi connectivity index (χ0) is 14.9. The van der Waals surface area contributed by atoms with E-state index in [1.165, 1.54) is 16.3 Å². The van der Waals surface area contributed by atoms with E-state index in [1.807, 2.05) is 0 Å². The highest BCUT2D eigenvalue weighted by Crippen LogP contribution is 2.34. The summed E-state index contributed by atoms with van der Waals surface area (Å²) in [4.78, 5) is 4.84. The number of rotatable bonds is 4. The van der Waals surface area contributed by atoms with Gasteiger partial charge in [0, 0.05) is 10.9 Å². The predicted octanol–water partition coefficient (Wildman–Crippen LogP) is 4.94. The maximum atomic E-state index is 6.47. The van der Waals surface area contributed by atoms with Gasteiger partial charge in [0.25, 0.3) is 0 Å². The molecule has 2 nitrogen and oxygen atoms in total. The molecule has 0 unspecified atom stereocenters. The standard InChI is InChI=1S/C18H20N2S/c1-3-18(19,4-2)17-20-16(12-21-17)15-11-7-9-13-8-5-6-10-14(13)15/h5-12H,3-4,19H2,1-2H3. The van der Waals surface area contributed by atoms with E-state index in [1.54, 1.807) is 11.3 Å². The predicted molar refractivity (Wildman–Crippen MR) is 91.5 cm³/mol. The van der Waals surface area contributed by atoms with E-state index in [0.717, 1.165) is 23.5 Å². The maximum absolute atomic E-state index is 6.47. The fraction of sp³-hybridized carbons (Fsp3) is 0.278. The van der Waals surface area contributed by atoms with Gasteiger partial charge in [-0.2, -0.15) is 0 Å². The molecule has 0 bridgehead atoms. The Morgan fingerprint density at radius 1 is 1.05 bits per heavy atom. The highest BCUT2D eigenvalue weighted by atomic mass is 32.1. The number of aromatic nitrogens is 1. The van der Waals surface area contributed by atoms with Gasteiger partial charge >= 0.3 is 0 Å². The van der Waals surface area contributed by atoms with Gasteiger partial charge in [-0.3, -0.25) is 0 Å². The summed E-state index contributed by atoms with van der Waals surface area (Å²) in [7, 11) is 0. The molecule has 3 rings (SSSR count). The Morgan fingerprint density at radius 3 is 2.52 bits per heavy atom. The third-order valence-corrected chi connectivity index (χ3v) is 5.32. The van der Waals surface area contributed by atoms with Crippen LogP contribution in [-0.2, 0) is 5.54 Å². The van der Waals surface area contributed by atoms with Crippen molar-refractivity contribution in [3.63, 3.8) is 0 Å². The van der Waals surface area contributed by atoms with Gasteiger partial charge < -0.3 is 5.73 Å². The van der Waals surface area contributed by atoms with Crippen molar-refractivity contribution >= 4 is 22.1 Å². The van der Waals surface area contributed by atoms with Gasteiger partial charge in [0.15, 0.2) is 0 Å². The van der Waals surface area contributed by atoms with Crippen molar-refractivity contribution in [1.82, 2.24) is 4.98 Å². The second-order valence-corrected chi connectivity index (χ2v) is 6.29. The lowest BCUT2D eigenvalue weighted by Gasteiger charge is -2.23. The first-order valence-corrected chi connectivity index (χ1v) is 8.29. The summed E-state index contributed by atoms with van der Waals surface area (Å²) in [6, 6.07) is 14.8. The van der Waals surface area contributed by atoms with Crippen molar-refractivity contribution < 1.29 is 0 Å². The van der Waals surface area contributed by atoms with E-state index < -0.39 is 0 Å². The molecule has 1 heterocycles. The van der Waals surface area contributed by atoms with Crippen LogP contribution in [0.2, 0.25) is 0 Å². The number of thiazole rings is 1. The van der Waals surface area contributed by atoms with Gasteiger partial charge in [0.2, 0.25) is 0 Å². The van der Waals surface area contributed by atoms with Crippen molar-refractivity contribution in [2.75, 3.05) is 0 Å². The van der Waals surface area contributed by atoms with Crippen molar-refractivity contribution in [1.29, 1.82) is 0 Å². The van der Waals surface area contributed by atoms with Crippen molar-refractivity contribution in [2.24, 2.45) is 5.73 Å². The Labute approximate surface area is 129 Å². The highest BCUT2D eigenvalue weighted by molar-refractivity contribution is 7.10. The first kappa shape index (κ1) is 14.2. The monoisotopic (exact) mass is 296 g/mol. The molecule has 0 aliphatic rings. The van der Waals surface area contributed by atoms with E-state index >= 15 is 0 Å². The minimum absolute atomic E-state index is 0.298. The molecule has 2 aromatic carbocycles. The van der Waals surface area contributed by atoms with E-state index in [0.29, 0.717) is 0 Å². The zero-order valence-electron chi connectivity index (χ0n) is 12.5. The average Bonchev–Trinajstić information content (AvgIpc) is 3.04. The summed E-state index contributed by atoms with van der Waals surface area (Å²) >= 11 is 1.67. The second-order valence-electron chi connectivity index (χ2n) is 5.43. The third kappa shape index (κ3) is 2.47. The van der Waals surface area contributed by atoms with Crippen LogP contribution in [0.15, 0.2) is 47.8 Å². The van der Waals surface area contributed by atoms with Gasteiger partial charge in [0.1, 0.15) is 5.01 Å². The molecule has 3 heteroatoms. The van der Waals surface area contributed by atoms with Gasteiger partial charge in [-0.15, -0.1) is 11.3 Å². The Balaban J connectivity index is 2.11. The van der Waals surface area contributed by atoms with Crippen molar-refractivity contribution in [3.05, 3.63) is 52.9 Å². The average molecular weight is 296 g/mol. The summed E-state index contributed by atoms with van der Waals surface area (Å²) in [6.45, 7) is 4.25. The second kappa shape index (κ2) is 5.58. The van der Waals surface area contributed by atoms with Crippen LogP contribution in [0.1, 0.15) is 31.7 Å². The molecule has 1 aromatic heterocycles. The van der Waals surface area contributed by atoms with E-state index in [2.05, 4.69) is 61.7 Å². The van der Waals surface area contributed by atoms with Crippen LogP contribution >= 0.6 is 11.3 Å². The van der Waals surface area contributed by atoms with Crippen LogP contribution in [-0.4, -0.2) is 4.98 Å². The number of nitrogens with zero attached hydrogens (tertiary/aromatic N) is 1. The van der Waals surface area contributed by atoms with Crippen LogP contribution in [0.3, 0.4) is 0 Å². The van der Waals surface area contributed by atoms with Crippen molar-refractivity contribution in [3.8, 4) is 11.3 Å². The van der Waals surface area contributed by atoms with Gasteiger partial charge in [-0.1, -0.05) is 56.3 Å². The molecule has 108 valence electrons. The minimum atomic E-state index is -0.298. The van der Waals surface area contributed by atoms with Crippen LogP contribution in [0.25, 0.3) is 22.0 Å². The molecule has 0 aliphatic heterocycles. The van der Waals surface area contributed by atoms with E-state index in [9.17, 15) is 0 Å². The first-order chi connectivity index (χ1) is 10.2. The Hall–Kier alpha value is -1.71. The van der Waals surface area contributed by atoms with E-state index in [-0.39, 0.29) is 5.54 Å². The molecule has 3 aromatic rings. The zero-order valence-corrected chi connectivity index (χ0v) is 13.3. The molecule has 0 saturated carbocycles.